The molecule has 0 aliphatic carbocycles. The number of nitrogens with one attached hydrogen (secondary N) is 2. The van der Waals surface area contributed by atoms with Crippen molar-refractivity contribution in [2.24, 2.45) is 0 Å². The van der Waals surface area contributed by atoms with E-state index in [4.69, 9.17) is 16.3 Å². The maximum Gasteiger partial charge on any atom is 0.259 e. The number of hydrogen-bond donors (Lipinski definition) is 2. The number of carbonyl (C=O) groups is 2. The smallest absolute Gasteiger partial charge is 0.259 e. The standard InChI is InChI=1S/C22H28ClN3O5S/c1-4-18(16-9-5-7-11-19(16)31-15-22(28)26(2)3)25-21(27)13-14-24-32(29,30)20-12-8-6-10-17(20)23/h5-12,18,24H,4,13-15H2,1-3H3,(H,25,27). The topological polar surface area (TPSA) is 105 Å². The number of benzene rings is 2. The second-order valence-corrected chi connectivity index (χ2v) is 9.36. The summed E-state index contributed by atoms with van der Waals surface area (Å²) in [6, 6.07) is 12.9. The van der Waals surface area contributed by atoms with E-state index in [1.54, 1.807) is 38.4 Å². The summed E-state index contributed by atoms with van der Waals surface area (Å²) in [6.45, 7) is 1.72. The minimum absolute atomic E-state index is 0.0353. The predicted molar refractivity (Wildman–Crippen MR) is 123 cm³/mol. The van der Waals surface area contributed by atoms with Crippen LogP contribution in [0.1, 0.15) is 31.4 Å². The molecule has 8 nitrogen and oxygen atoms in total. The average Bonchev–Trinajstić information content (AvgIpc) is 2.76. The molecule has 0 spiro atoms. The van der Waals surface area contributed by atoms with Gasteiger partial charge in [0.1, 0.15) is 10.6 Å². The van der Waals surface area contributed by atoms with Crippen molar-refractivity contribution in [1.29, 1.82) is 0 Å². The van der Waals surface area contributed by atoms with Crippen molar-refractivity contribution in [1.82, 2.24) is 14.9 Å². The van der Waals surface area contributed by atoms with Crippen LogP contribution in [0, 0.1) is 0 Å². The highest BCUT2D eigenvalue weighted by molar-refractivity contribution is 7.89. The van der Waals surface area contributed by atoms with Crippen LogP contribution in [0.2, 0.25) is 5.02 Å². The van der Waals surface area contributed by atoms with Gasteiger partial charge < -0.3 is 15.0 Å². The van der Waals surface area contributed by atoms with Gasteiger partial charge in [-0.15, -0.1) is 0 Å². The van der Waals surface area contributed by atoms with E-state index in [1.807, 2.05) is 19.1 Å². The molecule has 0 aliphatic heterocycles. The molecular weight excluding hydrogens is 454 g/mol. The molecule has 2 aromatic rings. The normalized spacial score (nSPS) is 12.1. The third-order valence-corrected chi connectivity index (χ3v) is 6.62. The van der Waals surface area contributed by atoms with Crippen LogP contribution in [0.15, 0.2) is 53.4 Å². The second kappa shape index (κ2) is 11.8. The Morgan fingerprint density at radius 2 is 1.75 bits per heavy atom. The number of rotatable bonds is 11. The van der Waals surface area contributed by atoms with Crippen molar-refractivity contribution in [3.05, 3.63) is 59.1 Å². The molecule has 0 aromatic heterocycles. The van der Waals surface area contributed by atoms with Gasteiger partial charge in [0.15, 0.2) is 6.61 Å². The first-order valence-corrected chi connectivity index (χ1v) is 12.0. The molecule has 32 heavy (non-hydrogen) atoms. The summed E-state index contributed by atoms with van der Waals surface area (Å²) in [4.78, 5) is 25.7. The van der Waals surface area contributed by atoms with Crippen LogP contribution in [0.3, 0.4) is 0 Å². The van der Waals surface area contributed by atoms with E-state index in [-0.39, 0.29) is 47.3 Å². The fourth-order valence-electron chi connectivity index (χ4n) is 2.87. The van der Waals surface area contributed by atoms with Gasteiger partial charge in [0.05, 0.1) is 11.1 Å². The monoisotopic (exact) mass is 481 g/mol. The summed E-state index contributed by atoms with van der Waals surface area (Å²) >= 11 is 5.95. The lowest BCUT2D eigenvalue weighted by Crippen LogP contribution is -2.33. The van der Waals surface area contributed by atoms with Gasteiger partial charge in [-0.1, -0.05) is 48.9 Å². The van der Waals surface area contributed by atoms with Gasteiger partial charge in [0.25, 0.3) is 5.91 Å². The van der Waals surface area contributed by atoms with Gasteiger partial charge in [0.2, 0.25) is 15.9 Å². The van der Waals surface area contributed by atoms with Gasteiger partial charge in [-0.3, -0.25) is 9.59 Å². The molecule has 0 saturated heterocycles. The van der Waals surface area contributed by atoms with Gasteiger partial charge in [-0.25, -0.2) is 13.1 Å². The van der Waals surface area contributed by atoms with Crippen molar-refractivity contribution in [2.45, 2.75) is 30.7 Å². The van der Waals surface area contributed by atoms with Gasteiger partial charge >= 0.3 is 0 Å². The van der Waals surface area contributed by atoms with Crippen molar-refractivity contribution in [2.75, 3.05) is 27.2 Å². The number of likely N-dealkylation sites (N-methyl/N-ethyl adjacent to an activating group) is 1. The molecule has 10 heteroatoms. The first-order chi connectivity index (χ1) is 15.2. The Bertz CT molecular complexity index is 1040. The molecule has 1 unspecified atom stereocenters. The Labute approximate surface area is 193 Å². The van der Waals surface area contributed by atoms with Crippen LogP contribution in [-0.2, 0) is 19.6 Å². The molecule has 0 radical (unpaired) electrons. The number of nitrogens with zero attached hydrogens (tertiary/aromatic N) is 1. The number of hydrogen-bond acceptors (Lipinski definition) is 5. The van der Waals surface area contributed by atoms with E-state index in [0.717, 1.165) is 5.56 Å². The second-order valence-electron chi connectivity index (χ2n) is 7.22. The molecule has 0 heterocycles. The van der Waals surface area contributed by atoms with E-state index in [9.17, 15) is 18.0 Å². The zero-order chi connectivity index (χ0) is 23.7. The van der Waals surface area contributed by atoms with E-state index in [1.165, 1.54) is 17.0 Å². The highest BCUT2D eigenvalue weighted by Gasteiger charge is 2.20. The van der Waals surface area contributed by atoms with Crippen molar-refractivity contribution < 1.29 is 22.7 Å². The first-order valence-electron chi connectivity index (χ1n) is 10.1. The Morgan fingerprint density at radius 1 is 1.09 bits per heavy atom. The molecule has 174 valence electrons. The Balaban J connectivity index is 1.97. The van der Waals surface area contributed by atoms with Gasteiger partial charge in [0, 0.05) is 32.6 Å². The molecule has 1 atom stereocenters. The van der Waals surface area contributed by atoms with E-state index in [2.05, 4.69) is 10.0 Å². The molecule has 0 saturated carbocycles. The van der Waals surface area contributed by atoms with Crippen LogP contribution >= 0.6 is 11.6 Å². The summed E-state index contributed by atoms with van der Waals surface area (Å²) in [5.74, 6) is 0.00911. The minimum Gasteiger partial charge on any atom is -0.483 e. The molecule has 2 rings (SSSR count). The third-order valence-electron chi connectivity index (χ3n) is 4.66. The summed E-state index contributed by atoms with van der Waals surface area (Å²) < 4.78 is 32.8. The number of sulfonamides is 1. The van der Waals surface area contributed by atoms with Crippen LogP contribution in [0.25, 0.3) is 0 Å². The van der Waals surface area contributed by atoms with E-state index < -0.39 is 10.0 Å². The lowest BCUT2D eigenvalue weighted by molar-refractivity contribution is -0.130. The molecule has 0 aliphatic rings. The summed E-state index contributed by atoms with van der Waals surface area (Å²) in [5.41, 5.74) is 0.742. The van der Waals surface area contributed by atoms with Crippen LogP contribution in [-0.4, -0.2) is 52.4 Å². The highest BCUT2D eigenvalue weighted by atomic mass is 35.5. The Kier molecular flexibility index (Phi) is 9.49. The zero-order valence-electron chi connectivity index (χ0n) is 18.3. The van der Waals surface area contributed by atoms with Gasteiger partial charge in [-0.2, -0.15) is 0 Å². The average molecular weight is 482 g/mol. The number of para-hydroxylation sites is 1. The quantitative estimate of drug-likeness (QED) is 0.513. The van der Waals surface area contributed by atoms with E-state index >= 15 is 0 Å². The molecule has 0 fully saturated rings. The predicted octanol–water partition coefficient (Wildman–Crippen LogP) is 2.74. The summed E-state index contributed by atoms with van der Waals surface area (Å²) in [5, 5.41) is 3.01. The number of carbonyl (C=O) groups excluding carboxylic acids is 2. The third kappa shape index (κ3) is 7.22. The largest absolute Gasteiger partial charge is 0.483 e. The molecule has 0 bridgehead atoms. The SMILES string of the molecule is CCC(NC(=O)CCNS(=O)(=O)c1ccccc1Cl)c1ccccc1OCC(=O)N(C)C. The summed E-state index contributed by atoms with van der Waals surface area (Å²) in [6.07, 6.45) is 0.529. The minimum atomic E-state index is -3.82. The molecular formula is C22H28ClN3O5S. The Morgan fingerprint density at radius 3 is 2.41 bits per heavy atom. The van der Waals surface area contributed by atoms with E-state index in [0.29, 0.717) is 12.2 Å². The first kappa shape index (κ1) is 25.6. The lowest BCUT2D eigenvalue weighted by Gasteiger charge is -2.21. The summed E-state index contributed by atoms with van der Waals surface area (Å²) in [7, 11) is -0.529. The number of amides is 2. The number of halogens is 1. The maximum absolute atomic E-state index is 12.5. The fraction of sp³-hybridized carbons (Fsp3) is 0.364. The van der Waals surface area contributed by atoms with Crippen molar-refractivity contribution in [3.8, 4) is 5.75 Å². The fourth-order valence-corrected chi connectivity index (χ4v) is 4.42. The van der Waals surface area contributed by atoms with Crippen molar-refractivity contribution >= 4 is 33.4 Å². The molecule has 2 N–H and O–H groups in total. The Hall–Kier alpha value is -2.62. The number of ether oxygens (including phenoxy) is 1. The van der Waals surface area contributed by atoms with Crippen LogP contribution in [0.4, 0.5) is 0 Å². The molecule has 2 amide bonds. The zero-order valence-corrected chi connectivity index (χ0v) is 19.9. The van der Waals surface area contributed by atoms with Gasteiger partial charge in [-0.05, 0) is 24.6 Å². The van der Waals surface area contributed by atoms with Crippen LogP contribution in [0.5, 0.6) is 5.75 Å². The lowest BCUT2D eigenvalue weighted by atomic mass is 10.0. The molecule has 2 aromatic carbocycles. The van der Waals surface area contributed by atoms with Crippen LogP contribution < -0.4 is 14.8 Å². The van der Waals surface area contributed by atoms with Crippen molar-refractivity contribution in [3.63, 3.8) is 0 Å². The maximum atomic E-state index is 12.5. The highest BCUT2D eigenvalue weighted by Crippen LogP contribution is 2.27.